The van der Waals surface area contributed by atoms with Gasteiger partial charge >= 0.3 is 5.97 Å². The molecular weight excluding hydrogens is 480 g/mol. The molecule has 1 aromatic heterocycles. The molecule has 6 nitrogen and oxygen atoms in total. The standard InChI is InChI=1S/C23H19BrN2O4S/c1-13-19(22(28)30-3)20(15-6-8-16(24)9-7-15)26-21(27)18(31-23(26)25-13)12-14-4-10-17(29-2)11-5-14/h4-12,20H,1-3H3/b18-12-. The molecule has 158 valence electrons. The predicted octanol–water partition coefficient (Wildman–Crippen LogP) is 3.18. The highest BCUT2D eigenvalue weighted by Gasteiger charge is 2.32. The quantitative estimate of drug-likeness (QED) is 0.518. The summed E-state index contributed by atoms with van der Waals surface area (Å²) in [6.07, 6.45) is 1.82. The Balaban J connectivity index is 1.93. The number of rotatable bonds is 4. The van der Waals surface area contributed by atoms with Crippen molar-refractivity contribution in [2.75, 3.05) is 14.2 Å². The summed E-state index contributed by atoms with van der Waals surface area (Å²) < 4.78 is 13.2. The lowest BCUT2D eigenvalue weighted by atomic mass is 9.96. The average molecular weight is 499 g/mol. The maximum absolute atomic E-state index is 13.4. The number of ether oxygens (including phenoxy) is 2. The maximum atomic E-state index is 13.4. The van der Waals surface area contributed by atoms with Gasteiger partial charge in [-0.25, -0.2) is 9.79 Å². The van der Waals surface area contributed by atoms with Gasteiger partial charge < -0.3 is 9.47 Å². The number of carbonyl (C=O) groups excluding carboxylic acids is 1. The van der Waals surface area contributed by atoms with E-state index < -0.39 is 12.0 Å². The van der Waals surface area contributed by atoms with Gasteiger partial charge in [0.05, 0.1) is 36.1 Å². The Hall–Kier alpha value is -2.97. The van der Waals surface area contributed by atoms with Gasteiger partial charge in [0.25, 0.3) is 5.56 Å². The van der Waals surface area contributed by atoms with Crippen LogP contribution in [0.1, 0.15) is 24.1 Å². The van der Waals surface area contributed by atoms with Crippen molar-refractivity contribution in [1.82, 2.24) is 4.57 Å². The van der Waals surface area contributed by atoms with E-state index in [9.17, 15) is 9.59 Å². The second kappa shape index (κ2) is 8.64. The normalized spacial score (nSPS) is 16.0. The Bertz CT molecular complexity index is 1350. The summed E-state index contributed by atoms with van der Waals surface area (Å²) >= 11 is 4.73. The van der Waals surface area contributed by atoms with Crippen molar-refractivity contribution in [2.45, 2.75) is 13.0 Å². The topological polar surface area (TPSA) is 69.9 Å². The minimum atomic E-state index is -0.616. The predicted molar refractivity (Wildman–Crippen MR) is 123 cm³/mol. The van der Waals surface area contributed by atoms with Crippen molar-refractivity contribution in [3.63, 3.8) is 0 Å². The van der Waals surface area contributed by atoms with Gasteiger partial charge in [0.1, 0.15) is 5.75 Å². The minimum Gasteiger partial charge on any atom is -0.497 e. The van der Waals surface area contributed by atoms with E-state index in [0.29, 0.717) is 20.6 Å². The first-order valence-electron chi connectivity index (χ1n) is 9.43. The molecule has 1 unspecified atom stereocenters. The second-order valence-electron chi connectivity index (χ2n) is 6.90. The van der Waals surface area contributed by atoms with E-state index in [1.54, 1.807) is 18.6 Å². The van der Waals surface area contributed by atoms with Crippen LogP contribution in [0, 0.1) is 0 Å². The number of aromatic nitrogens is 1. The number of benzene rings is 2. The summed E-state index contributed by atoms with van der Waals surface area (Å²) in [5.74, 6) is 0.241. The number of methoxy groups -OCH3 is 2. The van der Waals surface area contributed by atoms with E-state index in [-0.39, 0.29) is 5.56 Å². The number of esters is 1. The number of hydrogen-bond donors (Lipinski definition) is 0. The third kappa shape index (κ3) is 4.00. The fourth-order valence-corrected chi connectivity index (χ4v) is 4.82. The Labute approximate surface area is 190 Å². The Morgan fingerprint density at radius 2 is 1.81 bits per heavy atom. The summed E-state index contributed by atoms with van der Waals surface area (Å²) in [6, 6.07) is 14.4. The number of fused-ring (bicyclic) bond motifs is 1. The molecule has 1 aliphatic heterocycles. The number of carbonyl (C=O) groups is 1. The van der Waals surface area contributed by atoms with Crippen LogP contribution in [0.3, 0.4) is 0 Å². The SMILES string of the molecule is COC(=O)C1=C(C)N=c2s/c(=C\c3ccc(OC)cc3)c(=O)n2C1c1ccc(Br)cc1. The Kier molecular flexibility index (Phi) is 5.93. The second-order valence-corrected chi connectivity index (χ2v) is 8.82. The zero-order valence-electron chi connectivity index (χ0n) is 17.1. The van der Waals surface area contributed by atoms with Crippen molar-refractivity contribution in [2.24, 2.45) is 4.99 Å². The summed E-state index contributed by atoms with van der Waals surface area (Å²) in [5.41, 5.74) is 2.36. The molecule has 8 heteroatoms. The zero-order valence-corrected chi connectivity index (χ0v) is 19.5. The smallest absolute Gasteiger partial charge is 0.338 e. The number of hydrogen-bond acceptors (Lipinski definition) is 6. The summed E-state index contributed by atoms with van der Waals surface area (Å²) in [5, 5.41) is 0. The van der Waals surface area contributed by atoms with Crippen molar-refractivity contribution < 1.29 is 14.3 Å². The number of halogens is 1. The lowest BCUT2D eigenvalue weighted by molar-refractivity contribution is -0.136. The van der Waals surface area contributed by atoms with E-state index in [0.717, 1.165) is 21.3 Å². The first-order chi connectivity index (χ1) is 14.9. The fraction of sp³-hybridized carbons (Fsp3) is 0.174. The van der Waals surface area contributed by atoms with Crippen LogP contribution in [-0.4, -0.2) is 24.8 Å². The monoisotopic (exact) mass is 498 g/mol. The molecule has 2 aromatic carbocycles. The molecule has 4 rings (SSSR count). The molecule has 2 heterocycles. The van der Waals surface area contributed by atoms with Crippen molar-refractivity contribution in [3.8, 4) is 5.75 Å². The summed E-state index contributed by atoms with van der Waals surface area (Å²) in [6.45, 7) is 1.76. The van der Waals surface area contributed by atoms with E-state index >= 15 is 0 Å². The van der Waals surface area contributed by atoms with E-state index in [1.165, 1.54) is 18.4 Å². The van der Waals surface area contributed by atoms with Crippen LogP contribution in [0.5, 0.6) is 5.75 Å². The minimum absolute atomic E-state index is 0.207. The van der Waals surface area contributed by atoms with Crippen LogP contribution in [0.4, 0.5) is 0 Å². The van der Waals surface area contributed by atoms with Gasteiger partial charge in [-0.05, 0) is 48.4 Å². The Morgan fingerprint density at radius 1 is 1.13 bits per heavy atom. The highest BCUT2D eigenvalue weighted by Crippen LogP contribution is 2.31. The Morgan fingerprint density at radius 3 is 2.42 bits per heavy atom. The molecule has 0 saturated heterocycles. The van der Waals surface area contributed by atoms with Crippen LogP contribution >= 0.6 is 27.3 Å². The lowest BCUT2D eigenvalue weighted by Gasteiger charge is -2.24. The van der Waals surface area contributed by atoms with Crippen molar-refractivity contribution >= 4 is 39.3 Å². The molecule has 0 radical (unpaired) electrons. The van der Waals surface area contributed by atoms with Crippen LogP contribution in [0.15, 0.2) is 74.1 Å². The van der Waals surface area contributed by atoms with Gasteiger partial charge in [-0.2, -0.15) is 0 Å². The molecule has 1 atom stereocenters. The molecule has 0 amide bonds. The van der Waals surface area contributed by atoms with Gasteiger partial charge in [-0.1, -0.05) is 51.5 Å². The van der Waals surface area contributed by atoms with Gasteiger partial charge in [-0.3, -0.25) is 9.36 Å². The fourth-order valence-electron chi connectivity index (χ4n) is 3.50. The van der Waals surface area contributed by atoms with E-state index in [1.807, 2.05) is 54.6 Å². The van der Waals surface area contributed by atoms with E-state index in [2.05, 4.69) is 20.9 Å². The van der Waals surface area contributed by atoms with Gasteiger partial charge in [-0.15, -0.1) is 0 Å². The van der Waals surface area contributed by atoms with Crippen molar-refractivity contribution in [1.29, 1.82) is 0 Å². The molecule has 31 heavy (non-hydrogen) atoms. The van der Waals surface area contributed by atoms with Crippen LogP contribution in [-0.2, 0) is 9.53 Å². The van der Waals surface area contributed by atoms with Crippen LogP contribution < -0.4 is 19.6 Å². The first-order valence-corrected chi connectivity index (χ1v) is 11.0. The lowest BCUT2D eigenvalue weighted by Crippen LogP contribution is -2.39. The van der Waals surface area contributed by atoms with Crippen molar-refractivity contribution in [3.05, 3.63) is 95.1 Å². The molecule has 0 fully saturated rings. The van der Waals surface area contributed by atoms with Gasteiger partial charge in [0, 0.05) is 4.47 Å². The summed E-state index contributed by atoms with van der Waals surface area (Å²) in [4.78, 5) is 31.1. The first kappa shape index (κ1) is 21.3. The molecule has 0 bridgehead atoms. The van der Waals surface area contributed by atoms with Gasteiger partial charge in [0.15, 0.2) is 4.80 Å². The third-order valence-electron chi connectivity index (χ3n) is 5.03. The zero-order chi connectivity index (χ0) is 22.1. The molecule has 3 aromatic rings. The molecule has 0 N–H and O–H groups in total. The van der Waals surface area contributed by atoms with E-state index in [4.69, 9.17) is 9.47 Å². The highest BCUT2D eigenvalue weighted by atomic mass is 79.9. The molecule has 0 saturated carbocycles. The molecule has 1 aliphatic rings. The highest BCUT2D eigenvalue weighted by molar-refractivity contribution is 9.10. The summed E-state index contributed by atoms with van der Waals surface area (Å²) in [7, 11) is 2.94. The van der Waals surface area contributed by atoms with Gasteiger partial charge in [0.2, 0.25) is 0 Å². The average Bonchev–Trinajstić information content (AvgIpc) is 3.08. The largest absolute Gasteiger partial charge is 0.497 e. The number of nitrogens with zero attached hydrogens (tertiary/aromatic N) is 2. The molecule has 0 spiro atoms. The third-order valence-corrected chi connectivity index (χ3v) is 6.54. The maximum Gasteiger partial charge on any atom is 0.338 e. The molecular formula is C23H19BrN2O4S. The number of allylic oxidation sites excluding steroid dienone is 1. The van der Waals surface area contributed by atoms with Crippen LogP contribution in [0.2, 0.25) is 0 Å². The number of thiazole rings is 1. The molecule has 0 aliphatic carbocycles. The van der Waals surface area contributed by atoms with Crippen LogP contribution in [0.25, 0.3) is 6.08 Å².